The molecule has 5 nitrogen and oxygen atoms in total. The van der Waals surface area contributed by atoms with E-state index in [-0.39, 0.29) is 24.9 Å². The minimum atomic E-state index is -1.23. The molecule has 1 fully saturated rings. The van der Waals surface area contributed by atoms with Crippen LogP contribution in [0.15, 0.2) is 41.6 Å². The Labute approximate surface area is 164 Å². The number of hydrogen-bond acceptors (Lipinski definition) is 3. The summed E-state index contributed by atoms with van der Waals surface area (Å²) in [5.74, 6) is -4.83. The lowest BCUT2D eigenvalue weighted by molar-refractivity contribution is 0.0481. The molecule has 154 valence electrons. The number of amides is 1. The highest BCUT2D eigenvalue weighted by atomic mass is 19.1. The number of hydrogen-bond donors (Lipinski definition) is 1. The van der Waals surface area contributed by atoms with Crippen molar-refractivity contribution < 1.29 is 27.2 Å². The van der Waals surface area contributed by atoms with Crippen LogP contribution in [-0.4, -0.2) is 36.3 Å². The van der Waals surface area contributed by atoms with Crippen molar-refractivity contribution in [3.63, 3.8) is 0 Å². The number of benzene rings is 2. The maximum atomic E-state index is 13.9. The first-order chi connectivity index (χ1) is 13.8. The second kappa shape index (κ2) is 8.93. The molecule has 1 atom stereocenters. The number of nitrogens with two attached hydrogens (primary N) is 1. The molecule has 29 heavy (non-hydrogen) atoms. The average Bonchev–Trinajstić information content (AvgIpc) is 2.68. The first kappa shape index (κ1) is 20.6. The van der Waals surface area contributed by atoms with Gasteiger partial charge < -0.3 is 15.5 Å². The Morgan fingerprint density at radius 1 is 1.10 bits per heavy atom. The van der Waals surface area contributed by atoms with Crippen molar-refractivity contribution in [2.75, 3.05) is 19.7 Å². The first-order valence-corrected chi connectivity index (χ1v) is 9.00. The van der Waals surface area contributed by atoms with Crippen molar-refractivity contribution in [3.05, 3.63) is 70.8 Å². The van der Waals surface area contributed by atoms with E-state index in [1.165, 1.54) is 29.2 Å². The van der Waals surface area contributed by atoms with Crippen LogP contribution in [0.3, 0.4) is 0 Å². The van der Waals surface area contributed by atoms with Crippen LogP contribution in [0.1, 0.15) is 28.8 Å². The number of carbonyl (C=O) groups excluding carboxylic acids is 1. The highest BCUT2D eigenvalue weighted by Gasteiger charge is 2.29. The number of carbonyl (C=O) groups is 1. The van der Waals surface area contributed by atoms with Crippen molar-refractivity contribution in [2.24, 2.45) is 16.8 Å². The maximum absolute atomic E-state index is 13.9. The van der Waals surface area contributed by atoms with Gasteiger partial charge in [-0.3, -0.25) is 4.79 Å². The topological polar surface area (TPSA) is 67.9 Å². The summed E-state index contributed by atoms with van der Waals surface area (Å²) in [4.78, 5) is 19.1. The van der Waals surface area contributed by atoms with Crippen molar-refractivity contribution >= 4 is 11.7 Å². The molecule has 0 radical (unpaired) electrons. The van der Waals surface area contributed by atoms with Crippen LogP contribution in [0.25, 0.3) is 0 Å². The van der Waals surface area contributed by atoms with E-state index in [2.05, 4.69) is 5.16 Å². The van der Waals surface area contributed by atoms with E-state index >= 15 is 0 Å². The van der Waals surface area contributed by atoms with Crippen LogP contribution in [0.2, 0.25) is 0 Å². The van der Waals surface area contributed by atoms with E-state index in [4.69, 9.17) is 10.6 Å². The number of likely N-dealkylation sites (tertiary alicyclic amines) is 1. The van der Waals surface area contributed by atoms with Gasteiger partial charge in [-0.1, -0.05) is 5.16 Å². The zero-order valence-corrected chi connectivity index (χ0v) is 15.4. The maximum Gasteiger partial charge on any atom is 0.259 e. The molecule has 1 amide bonds. The fraction of sp³-hybridized carbons (Fsp3) is 0.300. The van der Waals surface area contributed by atoms with E-state index in [0.717, 1.165) is 6.42 Å². The fourth-order valence-electron chi connectivity index (χ4n) is 3.18. The molecule has 0 aliphatic carbocycles. The van der Waals surface area contributed by atoms with Gasteiger partial charge in [0.2, 0.25) is 0 Å². The predicted octanol–water partition coefficient (Wildman–Crippen LogP) is 3.43. The quantitative estimate of drug-likeness (QED) is 0.356. The summed E-state index contributed by atoms with van der Waals surface area (Å²) in [6.07, 6.45) is 1.34. The molecule has 1 saturated heterocycles. The molecule has 0 saturated carbocycles. The van der Waals surface area contributed by atoms with Crippen LogP contribution in [0.5, 0.6) is 0 Å². The highest BCUT2D eigenvalue weighted by molar-refractivity contribution is 5.97. The molecule has 2 aromatic rings. The van der Waals surface area contributed by atoms with Crippen molar-refractivity contribution in [1.82, 2.24) is 4.90 Å². The smallest absolute Gasteiger partial charge is 0.259 e. The number of oxime groups is 1. The minimum Gasteiger partial charge on any atom is -0.394 e. The molecule has 0 bridgehead atoms. The summed E-state index contributed by atoms with van der Waals surface area (Å²) >= 11 is 0. The number of rotatable bonds is 5. The molecule has 1 aliphatic heterocycles. The monoisotopic (exact) mass is 409 g/mol. The van der Waals surface area contributed by atoms with Gasteiger partial charge in [0.05, 0.1) is 0 Å². The van der Waals surface area contributed by atoms with Crippen LogP contribution >= 0.6 is 0 Å². The van der Waals surface area contributed by atoms with Crippen molar-refractivity contribution in [3.8, 4) is 0 Å². The zero-order valence-electron chi connectivity index (χ0n) is 15.4. The second-order valence-corrected chi connectivity index (χ2v) is 6.78. The Hall–Kier alpha value is -3.10. The zero-order chi connectivity index (χ0) is 21.0. The molecule has 1 aliphatic rings. The van der Waals surface area contributed by atoms with E-state index in [0.29, 0.717) is 30.7 Å². The van der Waals surface area contributed by atoms with Crippen LogP contribution in [-0.2, 0) is 4.84 Å². The third kappa shape index (κ3) is 5.04. The van der Waals surface area contributed by atoms with Crippen molar-refractivity contribution in [2.45, 2.75) is 12.8 Å². The average molecular weight is 409 g/mol. The molecule has 2 N–H and O–H groups in total. The Morgan fingerprint density at radius 3 is 2.41 bits per heavy atom. The van der Waals surface area contributed by atoms with E-state index in [1.54, 1.807) is 0 Å². The SMILES string of the molecule is N/C(=N\OC[C@H]1CCCN(C(=O)c2c(F)cc(F)cc2F)C1)c1ccc(F)cc1. The summed E-state index contributed by atoms with van der Waals surface area (Å²) in [5.41, 5.74) is 5.50. The third-order valence-corrected chi connectivity index (χ3v) is 4.64. The van der Waals surface area contributed by atoms with E-state index in [1.807, 2.05) is 0 Å². The van der Waals surface area contributed by atoms with Gasteiger partial charge in [-0.25, -0.2) is 17.6 Å². The fourth-order valence-corrected chi connectivity index (χ4v) is 3.18. The highest BCUT2D eigenvalue weighted by Crippen LogP contribution is 2.22. The van der Waals surface area contributed by atoms with Crippen LogP contribution in [0.4, 0.5) is 17.6 Å². The van der Waals surface area contributed by atoms with Gasteiger partial charge in [-0.15, -0.1) is 0 Å². The van der Waals surface area contributed by atoms with E-state index < -0.39 is 34.7 Å². The lowest BCUT2D eigenvalue weighted by Gasteiger charge is -2.32. The summed E-state index contributed by atoms with van der Waals surface area (Å²) < 4.78 is 53.8. The largest absolute Gasteiger partial charge is 0.394 e. The van der Waals surface area contributed by atoms with Gasteiger partial charge in [-0.05, 0) is 37.1 Å². The van der Waals surface area contributed by atoms with Gasteiger partial charge >= 0.3 is 0 Å². The third-order valence-electron chi connectivity index (χ3n) is 4.64. The Morgan fingerprint density at radius 2 is 1.76 bits per heavy atom. The standard InChI is InChI=1S/C20H19F4N3O2/c21-14-5-3-13(4-6-14)19(25)26-29-11-12-2-1-7-27(10-12)20(28)18-16(23)8-15(22)9-17(18)24/h3-6,8-9,12H,1-2,7,10-11H2,(H2,25,26)/t12-/m0/s1. The Bertz CT molecular complexity index is 895. The normalized spacial score (nSPS) is 17.3. The molecule has 1 heterocycles. The van der Waals surface area contributed by atoms with Crippen LogP contribution in [0, 0.1) is 29.2 Å². The van der Waals surface area contributed by atoms with Crippen LogP contribution < -0.4 is 5.73 Å². The van der Waals surface area contributed by atoms with E-state index in [9.17, 15) is 22.4 Å². The lowest BCUT2D eigenvalue weighted by Crippen LogP contribution is -2.41. The second-order valence-electron chi connectivity index (χ2n) is 6.78. The number of piperidine rings is 1. The van der Waals surface area contributed by atoms with Gasteiger partial charge in [0.15, 0.2) is 5.84 Å². The molecular formula is C20H19F4N3O2. The summed E-state index contributed by atoms with van der Waals surface area (Å²) in [6.45, 7) is 0.674. The van der Waals surface area contributed by atoms with Crippen molar-refractivity contribution in [1.29, 1.82) is 0 Å². The van der Waals surface area contributed by atoms with Gasteiger partial charge in [0.1, 0.15) is 35.4 Å². The minimum absolute atomic E-state index is 0.0733. The number of halogens is 4. The first-order valence-electron chi connectivity index (χ1n) is 9.00. The molecule has 0 unspecified atom stereocenters. The van der Waals surface area contributed by atoms with Gasteiger partial charge in [0.25, 0.3) is 5.91 Å². The molecule has 2 aromatic carbocycles. The van der Waals surface area contributed by atoms with Gasteiger partial charge in [-0.2, -0.15) is 0 Å². The summed E-state index contributed by atoms with van der Waals surface area (Å²) in [6, 6.07) is 6.38. The summed E-state index contributed by atoms with van der Waals surface area (Å²) in [5, 5.41) is 3.79. The molecule has 3 rings (SSSR count). The molecule has 0 aromatic heterocycles. The Kier molecular flexibility index (Phi) is 6.36. The molecule has 9 heteroatoms. The molecular weight excluding hydrogens is 390 g/mol. The Balaban J connectivity index is 1.60. The molecule has 0 spiro atoms. The lowest BCUT2D eigenvalue weighted by atomic mass is 9.98. The van der Waals surface area contributed by atoms with Gasteiger partial charge in [0, 0.05) is 36.7 Å². The summed E-state index contributed by atoms with van der Waals surface area (Å²) in [7, 11) is 0. The number of amidine groups is 1. The predicted molar refractivity (Wildman–Crippen MR) is 98.0 cm³/mol. The number of nitrogens with zero attached hydrogens (tertiary/aromatic N) is 2.